The van der Waals surface area contributed by atoms with E-state index in [-0.39, 0.29) is 11.9 Å². The average molecular weight is 309 g/mol. The van der Waals surface area contributed by atoms with Crippen LogP contribution in [-0.4, -0.2) is 11.5 Å². The van der Waals surface area contributed by atoms with Crippen LogP contribution in [0, 0.1) is 5.82 Å². The van der Waals surface area contributed by atoms with E-state index in [2.05, 4.69) is 26.2 Å². The minimum atomic E-state index is -0.223. The summed E-state index contributed by atoms with van der Waals surface area (Å²) in [4.78, 5) is 4.09. The van der Waals surface area contributed by atoms with Gasteiger partial charge in [0.15, 0.2) is 0 Å². The minimum Gasteiger partial charge on any atom is -0.306 e. The normalized spacial score (nSPS) is 12.4. The Bertz CT molecular complexity index is 496. The lowest BCUT2D eigenvalue weighted by molar-refractivity contribution is 0.556. The molecule has 0 aliphatic carbocycles. The molecule has 0 amide bonds. The van der Waals surface area contributed by atoms with Gasteiger partial charge in [-0.1, -0.05) is 35.0 Å². The zero-order chi connectivity index (χ0) is 13.0. The van der Waals surface area contributed by atoms with Crippen molar-refractivity contribution in [3.05, 3.63) is 64.1 Å². The van der Waals surface area contributed by atoms with Gasteiger partial charge in [-0.05, 0) is 30.3 Å². The Morgan fingerprint density at radius 2 is 2.17 bits per heavy atom. The van der Waals surface area contributed by atoms with Gasteiger partial charge >= 0.3 is 0 Å². The molecule has 2 rings (SSSR count). The van der Waals surface area contributed by atoms with Gasteiger partial charge in [-0.25, -0.2) is 4.39 Å². The number of nitrogens with one attached hydrogen (secondary N) is 1. The second-order valence-corrected chi connectivity index (χ2v) is 4.77. The molecule has 94 valence electrons. The van der Waals surface area contributed by atoms with Crippen LogP contribution in [0.2, 0.25) is 0 Å². The third kappa shape index (κ3) is 2.76. The number of halogens is 2. The van der Waals surface area contributed by atoms with Crippen molar-refractivity contribution < 1.29 is 4.39 Å². The van der Waals surface area contributed by atoms with Crippen LogP contribution in [0.4, 0.5) is 4.39 Å². The molecule has 1 aromatic carbocycles. The Kier molecular flexibility index (Phi) is 4.44. The van der Waals surface area contributed by atoms with Crippen molar-refractivity contribution in [2.45, 2.75) is 13.0 Å². The molecule has 18 heavy (non-hydrogen) atoms. The summed E-state index contributed by atoms with van der Waals surface area (Å²) in [5.41, 5.74) is 1.57. The zero-order valence-corrected chi connectivity index (χ0v) is 11.6. The van der Waals surface area contributed by atoms with Crippen LogP contribution in [0.5, 0.6) is 0 Å². The maximum Gasteiger partial charge on any atom is 0.129 e. The first kappa shape index (κ1) is 13.2. The first-order valence-electron chi connectivity index (χ1n) is 5.81. The fourth-order valence-electron chi connectivity index (χ4n) is 1.92. The van der Waals surface area contributed by atoms with Gasteiger partial charge in [0.2, 0.25) is 0 Å². The first-order valence-corrected chi connectivity index (χ1v) is 6.60. The molecule has 0 aliphatic rings. The van der Waals surface area contributed by atoms with Crippen LogP contribution in [0.15, 0.2) is 47.2 Å². The molecule has 0 fully saturated rings. The van der Waals surface area contributed by atoms with Crippen LogP contribution < -0.4 is 5.32 Å². The van der Waals surface area contributed by atoms with E-state index in [1.165, 1.54) is 6.07 Å². The first-order chi connectivity index (χ1) is 8.74. The van der Waals surface area contributed by atoms with Crippen LogP contribution in [-0.2, 0) is 0 Å². The van der Waals surface area contributed by atoms with E-state index < -0.39 is 0 Å². The highest BCUT2D eigenvalue weighted by atomic mass is 79.9. The maximum absolute atomic E-state index is 14.0. The monoisotopic (exact) mass is 308 g/mol. The Morgan fingerprint density at radius 1 is 1.33 bits per heavy atom. The van der Waals surface area contributed by atoms with Crippen molar-refractivity contribution >= 4 is 15.9 Å². The van der Waals surface area contributed by atoms with E-state index in [4.69, 9.17) is 0 Å². The topological polar surface area (TPSA) is 24.9 Å². The summed E-state index contributed by atoms with van der Waals surface area (Å²) >= 11 is 3.41. The third-order valence-corrected chi connectivity index (χ3v) is 3.41. The van der Waals surface area contributed by atoms with Gasteiger partial charge in [-0.3, -0.25) is 4.98 Å². The van der Waals surface area contributed by atoms with Crippen LogP contribution >= 0.6 is 15.9 Å². The molecule has 1 atom stereocenters. The van der Waals surface area contributed by atoms with Gasteiger partial charge in [0, 0.05) is 22.4 Å². The van der Waals surface area contributed by atoms with Crippen molar-refractivity contribution in [3.63, 3.8) is 0 Å². The number of hydrogen-bond donors (Lipinski definition) is 1. The molecule has 0 saturated carbocycles. The van der Waals surface area contributed by atoms with Gasteiger partial charge in [0.05, 0.1) is 6.04 Å². The second kappa shape index (κ2) is 6.07. The van der Waals surface area contributed by atoms with E-state index in [1.54, 1.807) is 18.5 Å². The van der Waals surface area contributed by atoms with Gasteiger partial charge in [-0.15, -0.1) is 0 Å². The third-order valence-electron chi connectivity index (χ3n) is 2.71. The SMILES string of the molecule is CCNC(c1cccnc1)c1c(F)cccc1Br. The zero-order valence-electron chi connectivity index (χ0n) is 10.0. The molecule has 1 N–H and O–H groups in total. The molecule has 1 unspecified atom stereocenters. The molecular weight excluding hydrogens is 295 g/mol. The molecule has 4 heteroatoms. The number of pyridine rings is 1. The Labute approximate surface area is 114 Å². The molecule has 2 aromatic rings. The number of nitrogens with zero attached hydrogens (tertiary/aromatic N) is 1. The van der Waals surface area contributed by atoms with Crippen LogP contribution in [0.25, 0.3) is 0 Å². The lowest BCUT2D eigenvalue weighted by Crippen LogP contribution is -2.23. The summed E-state index contributed by atoms with van der Waals surface area (Å²) in [5, 5.41) is 3.29. The largest absolute Gasteiger partial charge is 0.306 e. The fourth-order valence-corrected chi connectivity index (χ4v) is 2.49. The Morgan fingerprint density at radius 3 is 2.78 bits per heavy atom. The smallest absolute Gasteiger partial charge is 0.129 e. The molecule has 0 bridgehead atoms. The summed E-state index contributed by atoms with van der Waals surface area (Å²) in [6.07, 6.45) is 3.47. The second-order valence-electron chi connectivity index (χ2n) is 3.91. The highest BCUT2D eigenvalue weighted by molar-refractivity contribution is 9.10. The van der Waals surface area contributed by atoms with Crippen molar-refractivity contribution in [3.8, 4) is 0 Å². The number of rotatable bonds is 4. The van der Waals surface area contributed by atoms with Crippen molar-refractivity contribution in [2.24, 2.45) is 0 Å². The molecule has 0 saturated heterocycles. The van der Waals surface area contributed by atoms with Crippen molar-refractivity contribution in [1.82, 2.24) is 10.3 Å². The van der Waals surface area contributed by atoms with Gasteiger partial charge < -0.3 is 5.32 Å². The molecule has 1 heterocycles. The van der Waals surface area contributed by atoms with Gasteiger partial charge in [-0.2, -0.15) is 0 Å². The van der Waals surface area contributed by atoms with E-state index in [9.17, 15) is 4.39 Å². The van der Waals surface area contributed by atoms with E-state index in [0.717, 1.165) is 16.6 Å². The number of hydrogen-bond acceptors (Lipinski definition) is 2. The minimum absolute atomic E-state index is 0.195. The van der Waals surface area contributed by atoms with Gasteiger partial charge in [0.25, 0.3) is 0 Å². The lowest BCUT2D eigenvalue weighted by Gasteiger charge is -2.20. The number of aromatic nitrogens is 1. The highest BCUT2D eigenvalue weighted by Crippen LogP contribution is 2.30. The quantitative estimate of drug-likeness (QED) is 0.932. The molecule has 0 aliphatic heterocycles. The summed E-state index contributed by atoms with van der Waals surface area (Å²) in [6, 6.07) is 8.61. The fraction of sp³-hybridized carbons (Fsp3) is 0.214. The summed E-state index contributed by atoms with van der Waals surface area (Å²) in [6.45, 7) is 2.75. The Balaban J connectivity index is 2.48. The lowest BCUT2D eigenvalue weighted by atomic mass is 9.99. The Hall–Kier alpha value is -1.26. The summed E-state index contributed by atoms with van der Waals surface area (Å²) in [7, 11) is 0. The molecule has 0 spiro atoms. The van der Waals surface area contributed by atoms with Crippen LogP contribution in [0.1, 0.15) is 24.1 Å². The highest BCUT2D eigenvalue weighted by Gasteiger charge is 2.19. The standard InChI is InChI=1S/C14H14BrFN2/c1-2-18-14(10-5-4-8-17-9-10)13-11(15)6-3-7-12(13)16/h3-9,14,18H,2H2,1H3. The predicted octanol–water partition coefficient (Wildman–Crippen LogP) is 3.68. The molecule has 0 radical (unpaired) electrons. The van der Waals surface area contributed by atoms with Crippen molar-refractivity contribution in [1.29, 1.82) is 0 Å². The molecular formula is C14H14BrFN2. The number of benzene rings is 1. The predicted molar refractivity (Wildman–Crippen MR) is 73.9 cm³/mol. The average Bonchev–Trinajstić information content (AvgIpc) is 2.38. The van der Waals surface area contributed by atoms with Crippen LogP contribution in [0.3, 0.4) is 0 Å². The molecule has 2 nitrogen and oxygen atoms in total. The van der Waals surface area contributed by atoms with Gasteiger partial charge in [0.1, 0.15) is 5.82 Å². The van der Waals surface area contributed by atoms with Crippen molar-refractivity contribution in [2.75, 3.05) is 6.54 Å². The summed E-state index contributed by atoms with van der Waals surface area (Å²) in [5.74, 6) is -0.223. The summed E-state index contributed by atoms with van der Waals surface area (Å²) < 4.78 is 14.8. The van der Waals surface area contributed by atoms with E-state index in [0.29, 0.717) is 5.56 Å². The molecule has 1 aromatic heterocycles. The van der Waals surface area contributed by atoms with E-state index >= 15 is 0 Å². The van der Waals surface area contributed by atoms with E-state index in [1.807, 2.05) is 25.1 Å². The maximum atomic E-state index is 14.0.